The number of unbranched alkanes of at least 4 members (excludes halogenated alkanes) is 1. The molecule has 0 saturated carbocycles. The lowest BCUT2D eigenvalue weighted by Gasteiger charge is -2.19. The first-order valence-electron chi connectivity index (χ1n) is 8.11. The third kappa shape index (κ3) is 4.46. The molecule has 0 spiro atoms. The molecule has 130 valence electrons. The molecule has 0 aliphatic carbocycles. The summed E-state index contributed by atoms with van der Waals surface area (Å²) in [5.74, 6) is 0.104. The van der Waals surface area contributed by atoms with Crippen molar-refractivity contribution in [2.75, 3.05) is 18.5 Å². The van der Waals surface area contributed by atoms with Crippen LogP contribution in [0.2, 0.25) is 0 Å². The standard InChI is InChI=1S/C18H22F3N3/c1-4-6-11-24(3)17-22-15(12-16(23-17)18(19,20)21)14-9-7-13(5-2)8-10-14/h7-10,12H,4-6,11H2,1-3H3. The molecule has 1 aromatic heterocycles. The number of nitrogens with zero attached hydrogens (tertiary/aromatic N) is 3. The highest BCUT2D eigenvalue weighted by Crippen LogP contribution is 2.31. The number of hydrogen-bond acceptors (Lipinski definition) is 3. The van der Waals surface area contributed by atoms with Crippen LogP contribution in [0, 0.1) is 0 Å². The lowest BCUT2D eigenvalue weighted by Crippen LogP contribution is -2.23. The molecule has 0 radical (unpaired) electrons. The molecular formula is C18H22F3N3. The topological polar surface area (TPSA) is 29.0 Å². The van der Waals surface area contributed by atoms with Gasteiger partial charge in [-0.25, -0.2) is 9.97 Å². The molecule has 2 aromatic rings. The van der Waals surface area contributed by atoms with Crippen LogP contribution in [0.4, 0.5) is 19.1 Å². The Morgan fingerprint density at radius 1 is 1.04 bits per heavy atom. The molecule has 2 rings (SSSR count). The molecule has 1 aromatic carbocycles. The molecule has 0 bridgehead atoms. The van der Waals surface area contributed by atoms with Crippen molar-refractivity contribution in [1.82, 2.24) is 9.97 Å². The van der Waals surface area contributed by atoms with E-state index in [9.17, 15) is 13.2 Å². The molecule has 0 aliphatic rings. The van der Waals surface area contributed by atoms with Gasteiger partial charge in [0.05, 0.1) is 5.69 Å². The first kappa shape index (κ1) is 18.2. The molecule has 0 atom stereocenters. The van der Waals surface area contributed by atoms with E-state index in [-0.39, 0.29) is 5.95 Å². The Balaban J connectivity index is 2.45. The second kappa shape index (κ2) is 7.64. The zero-order valence-corrected chi connectivity index (χ0v) is 14.2. The van der Waals surface area contributed by atoms with Crippen molar-refractivity contribution in [2.24, 2.45) is 0 Å². The van der Waals surface area contributed by atoms with E-state index in [1.165, 1.54) is 0 Å². The van der Waals surface area contributed by atoms with Crippen LogP contribution in [0.3, 0.4) is 0 Å². The highest BCUT2D eigenvalue weighted by atomic mass is 19.4. The normalized spacial score (nSPS) is 11.6. The van der Waals surface area contributed by atoms with Gasteiger partial charge >= 0.3 is 6.18 Å². The first-order chi connectivity index (χ1) is 11.3. The summed E-state index contributed by atoms with van der Waals surface area (Å²) in [4.78, 5) is 9.72. The van der Waals surface area contributed by atoms with Crippen LogP contribution in [0.1, 0.15) is 37.9 Å². The van der Waals surface area contributed by atoms with Gasteiger partial charge in [0.1, 0.15) is 0 Å². The highest BCUT2D eigenvalue weighted by Gasteiger charge is 2.34. The molecule has 0 aliphatic heterocycles. The molecule has 24 heavy (non-hydrogen) atoms. The number of hydrogen-bond donors (Lipinski definition) is 0. The van der Waals surface area contributed by atoms with Crippen LogP contribution in [-0.4, -0.2) is 23.6 Å². The summed E-state index contributed by atoms with van der Waals surface area (Å²) in [7, 11) is 1.72. The second-order valence-corrected chi connectivity index (χ2v) is 5.76. The highest BCUT2D eigenvalue weighted by molar-refractivity contribution is 5.61. The van der Waals surface area contributed by atoms with Crippen molar-refractivity contribution in [3.63, 3.8) is 0 Å². The van der Waals surface area contributed by atoms with E-state index >= 15 is 0 Å². The van der Waals surface area contributed by atoms with Gasteiger partial charge in [-0.05, 0) is 24.5 Å². The predicted octanol–water partition coefficient (Wildman–Crippen LogP) is 4.96. The third-order valence-electron chi connectivity index (χ3n) is 3.85. The zero-order valence-electron chi connectivity index (χ0n) is 14.2. The molecule has 0 N–H and O–H groups in total. The smallest absolute Gasteiger partial charge is 0.344 e. The summed E-state index contributed by atoms with van der Waals surface area (Å²) in [6, 6.07) is 8.43. The number of aromatic nitrogens is 2. The Morgan fingerprint density at radius 3 is 2.25 bits per heavy atom. The number of benzene rings is 1. The minimum Gasteiger partial charge on any atom is -0.344 e. The molecule has 0 saturated heterocycles. The third-order valence-corrected chi connectivity index (χ3v) is 3.85. The van der Waals surface area contributed by atoms with Crippen LogP contribution in [0.5, 0.6) is 0 Å². The van der Waals surface area contributed by atoms with Gasteiger partial charge < -0.3 is 4.90 Å². The molecule has 3 nitrogen and oxygen atoms in total. The van der Waals surface area contributed by atoms with E-state index in [1.54, 1.807) is 24.1 Å². The fourth-order valence-corrected chi connectivity index (χ4v) is 2.30. The molecule has 0 fully saturated rings. The van der Waals surface area contributed by atoms with Crippen LogP contribution in [-0.2, 0) is 12.6 Å². The summed E-state index contributed by atoms with van der Waals surface area (Å²) in [5, 5.41) is 0. The number of rotatable bonds is 6. The van der Waals surface area contributed by atoms with Crippen molar-refractivity contribution < 1.29 is 13.2 Å². The first-order valence-corrected chi connectivity index (χ1v) is 8.11. The van der Waals surface area contributed by atoms with E-state index in [0.29, 0.717) is 17.8 Å². The van der Waals surface area contributed by atoms with E-state index in [4.69, 9.17) is 0 Å². The fourth-order valence-electron chi connectivity index (χ4n) is 2.30. The van der Waals surface area contributed by atoms with Gasteiger partial charge in [-0.2, -0.15) is 13.2 Å². The van der Waals surface area contributed by atoms with Crippen molar-refractivity contribution in [2.45, 2.75) is 39.3 Å². The van der Waals surface area contributed by atoms with Gasteiger partial charge in [0.25, 0.3) is 0 Å². The maximum Gasteiger partial charge on any atom is 0.433 e. The van der Waals surface area contributed by atoms with Gasteiger partial charge in [-0.1, -0.05) is 44.5 Å². The largest absolute Gasteiger partial charge is 0.433 e. The van der Waals surface area contributed by atoms with Crippen molar-refractivity contribution in [3.05, 3.63) is 41.6 Å². The van der Waals surface area contributed by atoms with Gasteiger partial charge in [0, 0.05) is 19.2 Å². The molecule has 6 heteroatoms. The Labute approximate surface area is 140 Å². The van der Waals surface area contributed by atoms with E-state index < -0.39 is 11.9 Å². The zero-order chi connectivity index (χ0) is 17.7. The molecular weight excluding hydrogens is 315 g/mol. The molecule has 1 heterocycles. The molecule has 0 unspecified atom stereocenters. The van der Waals surface area contributed by atoms with Crippen molar-refractivity contribution >= 4 is 5.95 Å². The van der Waals surface area contributed by atoms with E-state index in [2.05, 4.69) is 9.97 Å². The minimum atomic E-state index is -4.50. The predicted molar refractivity (Wildman–Crippen MR) is 90.0 cm³/mol. The van der Waals surface area contributed by atoms with Crippen LogP contribution < -0.4 is 4.90 Å². The number of halogens is 3. The Bertz CT molecular complexity index is 666. The fraction of sp³-hybridized carbons (Fsp3) is 0.444. The van der Waals surface area contributed by atoms with Crippen LogP contribution in [0.25, 0.3) is 11.3 Å². The van der Waals surface area contributed by atoms with Gasteiger partial charge in [0.2, 0.25) is 5.95 Å². The average molecular weight is 337 g/mol. The maximum absolute atomic E-state index is 13.2. The SMILES string of the molecule is CCCCN(C)c1nc(-c2ccc(CC)cc2)cc(C(F)(F)F)n1. The number of aryl methyl sites for hydroxylation is 1. The monoisotopic (exact) mass is 337 g/mol. The van der Waals surface area contributed by atoms with Crippen molar-refractivity contribution in [3.8, 4) is 11.3 Å². The van der Waals surface area contributed by atoms with Gasteiger partial charge in [-0.15, -0.1) is 0 Å². The van der Waals surface area contributed by atoms with E-state index in [1.807, 2.05) is 26.0 Å². The number of alkyl halides is 3. The number of anilines is 1. The van der Waals surface area contributed by atoms with Crippen LogP contribution in [0.15, 0.2) is 30.3 Å². The average Bonchev–Trinajstić information content (AvgIpc) is 2.58. The summed E-state index contributed by atoms with van der Waals surface area (Å²) in [6.45, 7) is 4.68. The molecule has 0 amide bonds. The maximum atomic E-state index is 13.2. The quantitative estimate of drug-likeness (QED) is 0.746. The lowest BCUT2D eigenvalue weighted by molar-refractivity contribution is -0.141. The summed E-state index contributed by atoms with van der Waals surface area (Å²) in [6.07, 6.45) is -1.80. The Morgan fingerprint density at radius 2 is 1.71 bits per heavy atom. The van der Waals surface area contributed by atoms with Gasteiger partial charge in [-0.3, -0.25) is 0 Å². The second-order valence-electron chi connectivity index (χ2n) is 5.76. The minimum absolute atomic E-state index is 0.104. The van der Waals surface area contributed by atoms with Crippen molar-refractivity contribution in [1.29, 1.82) is 0 Å². The van der Waals surface area contributed by atoms with Gasteiger partial charge in [0.15, 0.2) is 5.69 Å². The summed E-state index contributed by atoms with van der Waals surface area (Å²) >= 11 is 0. The Kier molecular flexibility index (Phi) is 5.80. The Hall–Kier alpha value is -2.11. The van der Waals surface area contributed by atoms with Crippen LogP contribution >= 0.6 is 0 Å². The summed E-state index contributed by atoms with van der Waals surface area (Å²) in [5.41, 5.74) is 1.16. The van der Waals surface area contributed by atoms with E-state index in [0.717, 1.165) is 30.9 Å². The lowest BCUT2D eigenvalue weighted by atomic mass is 10.1. The summed E-state index contributed by atoms with van der Waals surface area (Å²) < 4.78 is 39.6.